The van der Waals surface area contributed by atoms with E-state index >= 15 is 0 Å². The second-order valence-electron chi connectivity index (χ2n) is 7.50. The Bertz CT molecular complexity index is 1000. The van der Waals surface area contributed by atoms with Crippen molar-refractivity contribution in [1.82, 2.24) is 14.6 Å². The molecule has 2 aromatic heterocycles. The highest BCUT2D eigenvalue weighted by Gasteiger charge is 2.33. The molecule has 0 aliphatic heterocycles. The number of rotatable bonds is 2. The fourth-order valence-electron chi connectivity index (χ4n) is 3.65. The molecular formula is C20H21N3O2. The van der Waals surface area contributed by atoms with Gasteiger partial charge in [-0.15, -0.1) is 0 Å². The topological polar surface area (TPSA) is 56.5 Å². The quantitative estimate of drug-likeness (QED) is 0.713. The molecule has 1 aromatic carbocycles. The van der Waals surface area contributed by atoms with Gasteiger partial charge in [-0.25, -0.2) is 9.50 Å². The van der Waals surface area contributed by atoms with Crippen molar-refractivity contribution in [2.45, 2.75) is 33.6 Å². The first-order valence-electron chi connectivity index (χ1n) is 8.44. The zero-order valence-electron chi connectivity index (χ0n) is 15.0. The van der Waals surface area contributed by atoms with Crippen LogP contribution in [0.4, 0.5) is 0 Å². The molecule has 0 N–H and O–H groups in total. The highest BCUT2D eigenvalue weighted by atomic mass is 16.5. The van der Waals surface area contributed by atoms with Gasteiger partial charge in [0.15, 0.2) is 11.4 Å². The molecule has 1 aliphatic carbocycles. The van der Waals surface area contributed by atoms with Crippen molar-refractivity contribution in [3.05, 3.63) is 47.4 Å². The van der Waals surface area contributed by atoms with E-state index in [0.717, 1.165) is 40.3 Å². The van der Waals surface area contributed by atoms with Crippen LogP contribution in [0.2, 0.25) is 0 Å². The van der Waals surface area contributed by atoms with Crippen LogP contribution < -0.4 is 4.74 Å². The maximum Gasteiger partial charge on any atom is 0.166 e. The monoisotopic (exact) mass is 335 g/mol. The SMILES string of the molecule is COc1cccc(-c2c(C)nn3cc4c(nc23)CC(C)(C)CC4=O)c1. The van der Waals surface area contributed by atoms with Gasteiger partial charge in [-0.05, 0) is 36.5 Å². The zero-order chi connectivity index (χ0) is 17.8. The van der Waals surface area contributed by atoms with Crippen LogP contribution >= 0.6 is 0 Å². The van der Waals surface area contributed by atoms with E-state index in [0.29, 0.717) is 12.0 Å². The molecule has 0 saturated carbocycles. The minimum absolute atomic E-state index is 0.0549. The lowest BCUT2D eigenvalue weighted by Crippen LogP contribution is -2.28. The van der Waals surface area contributed by atoms with E-state index in [-0.39, 0.29) is 11.2 Å². The summed E-state index contributed by atoms with van der Waals surface area (Å²) in [5.74, 6) is 0.947. The van der Waals surface area contributed by atoms with Crippen molar-refractivity contribution in [2.75, 3.05) is 7.11 Å². The molecule has 1 aliphatic rings. The molecule has 0 fully saturated rings. The molecule has 128 valence electrons. The molecule has 0 saturated heterocycles. The molecular weight excluding hydrogens is 314 g/mol. The Labute approximate surface area is 146 Å². The van der Waals surface area contributed by atoms with Crippen molar-refractivity contribution in [3.8, 4) is 16.9 Å². The number of hydrogen-bond acceptors (Lipinski definition) is 4. The second-order valence-corrected chi connectivity index (χ2v) is 7.50. The first-order chi connectivity index (χ1) is 11.9. The van der Waals surface area contributed by atoms with Crippen LogP contribution in [0, 0.1) is 12.3 Å². The number of aromatic nitrogens is 3. The maximum absolute atomic E-state index is 12.5. The van der Waals surface area contributed by atoms with E-state index in [1.807, 2.05) is 37.4 Å². The lowest BCUT2D eigenvalue weighted by atomic mass is 9.76. The third-order valence-corrected chi connectivity index (χ3v) is 4.81. The van der Waals surface area contributed by atoms with E-state index in [9.17, 15) is 4.79 Å². The number of fused-ring (bicyclic) bond motifs is 2. The van der Waals surface area contributed by atoms with Gasteiger partial charge in [0.2, 0.25) is 0 Å². The Kier molecular flexibility index (Phi) is 3.42. The number of ether oxygens (including phenoxy) is 1. The summed E-state index contributed by atoms with van der Waals surface area (Å²) in [6.07, 6.45) is 3.19. The first-order valence-corrected chi connectivity index (χ1v) is 8.44. The first kappa shape index (κ1) is 15.8. The number of methoxy groups -OCH3 is 1. The lowest BCUT2D eigenvalue weighted by Gasteiger charge is -2.29. The number of hydrogen-bond donors (Lipinski definition) is 0. The van der Waals surface area contributed by atoms with Crippen LogP contribution in [0.3, 0.4) is 0 Å². The summed E-state index contributed by atoms with van der Waals surface area (Å²) < 4.78 is 7.08. The zero-order valence-corrected chi connectivity index (χ0v) is 15.0. The number of Topliss-reactive ketones (excluding diaryl/α,β-unsaturated/α-hetero) is 1. The molecule has 2 heterocycles. The highest BCUT2D eigenvalue weighted by Crippen LogP contribution is 2.36. The van der Waals surface area contributed by atoms with Crippen LogP contribution in [0.5, 0.6) is 5.75 Å². The summed E-state index contributed by atoms with van der Waals surface area (Å²) in [4.78, 5) is 17.3. The molecule has 0 unspecified atom stereocenters. The lowest BCUT2D eigenvalue weighted by molar-refractivity contribution is 0.0909. The van der Waals surface area contributed by atoms with Crippen LogP contribution in [0.15, 0.2) is 30.5 Å². The van der Waals surface area contributed by atoms with Gasteiger partial charge in [0.1, 0.15) is 5.75 Å². The normalized spacial score (nSPS) is 16.1. The van der Waals surface area contributed by atoms with Gasteiger partial charge in [0.25, 0.3) is 0 Å². The number of ketones is 1. The van der Waals surface area contributed by atoms with Gasteiger partial charge in [-0.1, -0.05) is 26.0 Å². The Balaban J connectivity index is 1.95. The molecule has 0 amide bonds. The van der Waals surface area contributed by atoms with Crippen molar-refractivity contribution >= 4 is 11.4 Å². The molecule has 4 rings (SSSR count). The average molecular weight is 335 g/mol. The van der Waals surface area contributed by atoms with E-state index in [2.05, 4.69) is 18.9 Å². The van der Waals surface area contributed by atoms with Gasteiger partial charge in [0, 0.05) is 18.2 Å². The minimum atomic E-state index is -0.0549. The van der Waals surface area contributed by atoms with E-state index in [4.69, 9.17) is 9.72 Å². The average Bonchev–Trinajstić information content (AvgIpc) is 2.87. The second kappa shape index (κ2) is 5.41. The summed E-state index contributed by atoms with van der Waals surface area (Å²) in [6, 6.07) is 7.89. The van der Waals surface area contributed by atoms with Crippen LogP contribution in [-0.4, -0.2) is 27.5 Å². The Morgan fingerprint density at radius 3 is 2.80 bits per heavy atom. The summed E-state index contributed by atoms with van der Waals surface area (Å²) in [5, 5.41) is 4.59. The maximum atomic E-state index is 12.5. The molecule has 0 bridgehead atoms. The van der Waals surface area contributed by atoms with Crippen molar-refractivity contribution in [1.29, 1.82) is 0 Å². The Hall–Kier alpha value is -2.69. The number of carbonyl (C=O) groups is 1. The molecule has 3 aromatic rings. The summed E-state index contributed by atoms with van der Waals surface area (Å²) in [6.45, 7) is 6.20. The molecule has 25 heavy (non-hydrogen) atoms. The fraction of sp³-hybridized carbons (Fsp3) is 0.350. The number of benzene rings is 1. The van der Waals surface area contributed by atoms with Crippen molar-refractivity contribution < 1.29 is 9.53 Å². The largest absolute Gasteiger partial charge is 0.497 e. The van der Waals surface area contributed by atoms with E-state index in [1.54, 1.807) is 11.6 Å². The van der Waals surface area contributed by atoms with E-state index < -0.39 is 0 Å². The van der Waals surface area contributed by atoms with Gasteiger partial charge in [-0.2, -0.15) is 5.10 Å². The van der Waals surface area contributed by atoms with Gasteiger partial charge < -0.3 is 4.74 Å². The standard InChI is InChI=1S/C20H21N3O2/c1-12-18(13-6-5-7-14(8-13)25-4)19-21-16-9-20(2,3)10-17(24)15(16)11-23(19)22-12/h5-8,11H,9-10H2,1-4H3. The van der Waals surface area contributed by atoms with Crippen LogP contribution in [-0.2, 0) is 6.42 Å². The predicted molar refractivity (Wildman–Crippen MR) is 96.1 cm³/mol. The molecule has 0 atom stereocenters. The van der Waals surface area contributed by atoms with Crippen molar-refractivity contribution in [2.24, 2.45) is 5.41 Å². The third-order valence-electron chi connectivity index (χ3n) is 4.81. The van der Waals surface area contributed by atoms with Gasteiger partial charge in [0.05, 0.1) is 24.1 Å². The van der Waals surface area contributed by atoms with Crippen molar-refractivity contribution in [3.63, 3.8) is 0 Å². The smallest absolute Gasteiger partial charge is 0.166 e. The molecule has 0 spiro atoms. The summed E-state index contributed by atoms with van der Waals surface area (Å²) >= 11 is 0. The molecule has 5 nitrogen and oxygen atoms in total. The van der Waals surface area contributed by atoms with Gasteiger partial charge in [-0.3, -0.25) is 4.79 Å². The minimum Gasteiger partial charge on any atom is -0.497 e. The predicted octanol–water partition coefficient (Wildman–Crippen LogP) is 3.87. The van der Waals surface area contributed by atoms with E-state index in [1.165, 1.54) is 0 Å². The Morgan fingerprint density at radius 2 is 2.04 bits per heavy atom. The third kappa shape index (κ3) is 2.60. The number of carbonyl (C=O) groups excluding carboxylic acids is 1. The number of nitrogens with zero attached hydrogens (tertiary/aromatic N) is 3. The highest BCUT2D eigenvalue weighted by molar-refractivity contribution is 5.99. The summed E-state index contributed by atoms with van der Waals surface area (Å²) in [5.41, 5.74) is 5.19. The van der Waals surface area contributed by atoms with Gasteiger partial charge >= 0.3 is 0 Å². The van der Waals surface area contributed by atoms with Crippen LogP contribution in [0.25, 0.3) is 16.8 Å². The number of aryl methyl sites for hydroxylation is 1. The summed E-state index contributed by atoms with van der Waals surface area (Å²) in [7, 11) is 1.66. The molecule has 5 heteroatoms. The fourth-order valence-corrected chi connectivity index (χ4v) is 3.65. The van der Waals surface area contributed by atoms with Crippen LogP contribution in [0.1, 0.15) is 42.0 Å². The molecule has 0 radical (unpaired) electrons. The Morgan fingerprint density at radius 1 is 1.24 bits per heavy atom.